The smallest absolute Gasteiger partial charge is 0.274 e. The number of fused-ring (bicyclic) bond motifs is 1. The molecule has 0 radical (unpaired) electrons. The molecule has 0 spiro atoms. The maximum absolute atomic E-state index is 12.1. The average molecular weight is 380 g/mol. The fourth-order valence-corrected chi connectivity index (χ4v) is 3.39. The SMILES string of the molecule is O=C1CN(Cc2cc(Cl)cc(Cl)c2)Cc2cc(C(=O)NO)ccc2N1. The summed E-state index contributed by atoms with van der Waals surface area (Å²) in [5, 5.41) is 12.7. The molecular formula is C17H15Cl2N3O3. The predicted octanol–water partition coefficient (Wildman–Crippen LogP) is 3.07. The Kier molecular flexibility index (Phi) is 5.24. The lowest BCUT2D eigenvalue weighted by molar-refractivity contribution is -0.117. The van der Waals surface area contributed by atoms with Crippen LogP contribution in [0.5, 0.6) is 0 Å². The van der Waals surface area contributed by atoms with Gasteiger partial charge in [-0.05, 0) is 47.5 Å². The van der Waals surface area contributed by atoms with Crippen molar-refractivity contribution in [3.63, 3.8) is 0 Å². The third-order valence-electron chi connectivity index (χ3n) is 3.83. The highest BCUT2D eigenvalue weighted by atomic mass is 35.5. The summed E-state index contributed by atoms with van der Waals surface area (Å²) in [6, 6.07) is 10.1. The number of anilines is 1. The molecule has 0 saturated carbocycles. The Bertz CT molecular complexity index is 822. The zero-order chi connectivity index (χ0) is 18.0. The maximum atomic E-state index is 12.1. The van der Waals surface area contributed by atoms with Gasteiger partial charge in [-0.15, -0.1) is 0 Å². The molecule has 3 rings (SSSR count). The molecule has 0 aromatic heterocycles. The van der Waals surface area contributed by atoms with E-state index in [1.54, 1.807) is 35.8 Å². The number of hydroxylamine groups is 1. The van der Waals surface area contributed by atoms with Crippen molar-refractivity contribution in [3.8, 4) is 0 Å². The third kappa shape index (κ3) is 4.29. The molecule has 0 fully saturated rings. The number of carbonyl (C=O) groups excluding carboxylic acids is 2. The van der Waals surface area contributed by atoms with E-state index in [4.69, 9.17) is 28.4 Å². The van der Waals surface area contributed by atoms with E-state index < -0.39 is 5.91 Å². The van der Waals surface area contributed by atoms with Crippen LogP contribution in [0.3, 0.4) is 0 Å². The van der Waals surface area contributed by atoms with Gasteiger partial charge in [-0.2, -0.15) is 0 Å². The van der Waals surface area contributed by atoms with E-state index in [9.17, 15) is 9.59 Å². The number of hydrogen-bond donors (Lipinski definition) is 3. The first kappa shape index (κ1) is 17.7. The minimum absolute atomic E-state index is 0.147. The molecule has 130 valence electrons. The van der Waals surface area contributed by atoms with Crippen LogP contribution in [0.1, 0.15) is 21.5 Å². The largest absolute Gasteiger partial charge is 0.325 e. The molecule has 3 N–H and O–H groups in total. The lowest BCUT2D eigenvalue weighted by atomic mass is 10.1. The van der Waals surface area contributed by atoms with E-state index in [-0.39, 0.29) is 12.5 Å². The Hall–Kier alpha value is -2.12. The van der Waals surface area contributed by atoms with Crippen LogP contribution in [-0.2, 0) is 17.9 Å². The molecule has 0 bridgehead atoms. The van der Waals surface area contributed by atoms with Crippen molar-refractivity contribution in [1.82, 2.24) is 10.4 Å². The molecule has 2 aromatic rings. The number of rotatable bonds is 3. The van der Waals surface area contributed by atoms with Gasteiger partial charge in [0.2, 0.25) is 5.91 Å². The van der Waals surface area contributed by atoms with Crippen molar-refractivity contribution < 1.29 is 14.8 Å². The summed E-state index contributed by atoms with van der Waals surface area (Å²) in [4.78, 5) is 25.7. The minimum Gasteiger partial charge on any atom is -0.325 e. The summed E-state index contributed by atoms with van der Waals surface area (Å²) in [6.07, 6.45) is 0. The Morgan fingerprint density at radius 2 is 1.88 bits per heavy atom. The van der Waals surface area contributed by atoms with Gasteiger partial charge in [0.05, 0.1) is 6.54 Å². The van der Waals surface area contributed by atoms with Crippen LogP contribution in [0.25, 0.3) is 0 Å². The maximum Gasteiger partial charge on any atom is 0.274 e. The molecule has 8 heteroatoms. The van der Waals surface area contributed by atoms with E-state index >= 15 is 0 Å². The van der Waals surface area contributed by atoms with Crippen molar-refractivity contribution in [1.29, 1.82) is 0 Å². The molecule has 2 aromatic carbocycles. The zero-order valence-corrected chi connectivity index (χ0v) is 14.6. The van der Waals surface area contributed by atoms with Gasteiger partial charge in [0.15, 0.2) is 0 Å². The second-order valence-electron chi connectivity index (χ2n) is 5.78. The topological polar surface area (TPSA) is 81.7 Å². The van der Waals surface area contributed by atoms with E-state index in [1.807, 2.05) is 4.90 Å². The van der Waals surface area contributed by atoms with Gasteiger partial charge in [-0.3, -0.25) is 19.7 Å². The minimum atomic E-state index is -0.605. The zero-order valence-electron chi connectivity index (χ0n) is 13.1. The summed E-state index contributed by atoms with van der Waals surface area (Å²) < 4.78 is 0. The van der Waals surface area contributed by atoms with E-state index in [2.05, 4.69) is 5.32 Å². The Balaban J connectivity index is 1.87. The number of hydrogen-bond acceptors (Lipinski definition) is 4. The summed E-state index contributed by atoms with van der Waals surface area (Å²) >= 11 is 12.1. The number of halogens is 2. The van der Waals surface area contributed by atoms with Gasteiger partial charge in [0.1, 0.15) is 0 Å². The number of benzene rings is 2. The predicted molar refractivity (Wildman–Crippen MR) is 94.9 cm³/mol. The highest BCUT2D eigenvalue weighted by Crippen LogP contribution is 2.25. The second kappa shape index (κ2) is 7.41. The van der Waals surface area contributed by atoms with Crippen LogP contribution in [-0.4, -0.2) is 28.5 Å². The highest BCUT2D eigenvalue weighted by Gasteiger charge is 2.21. The standard InChI is InChI=1S/C17H15Cl2N3O3/c18-13-3-10(4-14(19)6-13)7-22-8-12-5-11(17(24)21-25)1-2-15(12)20-16(23)9-22/h1-6,25H,7-9H2,(H,20,23)(H,21,24). The van der Waals surface area contributed by atoms with Crippen LogP contribution < -0.4 is 10.8 Å². The average Bonchev–Trinajstić information content (AvgIpc) is 2.69. The molecule has 0 atom stereocenters. The van der Waals surface area contributed by atoms with Crippen molar-refractivity contribution in [2.45, 2.75) is 13.1 Å². The monoisotopic (exact) mass is 379 g/mol. The van der Waals surface area contributed by atoms with Crippen LogP contribution in [0.4, 0.5) is 5.69 Å². The molecule has 0 saturated heterocycles. The molecule has 1 aliphatic rings. The van der Waals surface area contributed by atoms with Gasteiger partial charge in [-0.25, -0.2) is 5.48 Å². The highest BCUT2D eigenvalue weighted by molar-refractivity contribution is 6.34. The Morgan fingerprint density at radius 1 is 1.16 bits per heavy atom. The van der Waals surface area contributed by atoms with Crippen LogP contribution in [0.2, 0.25) is 10.0 Å². The fraction of sp³-hybridized carbons (Fsp3) is 0.176. The molecule has 0 aliphatic carbocycles. The van der Waals surface area contributed by atoms with Crippen molar-refractivity contribution in [2.24, 2.45) is 0 Å². The first-order valence-corrected chi connectivity index (χ1v) is 8.25. The Labute approximate surface area is 154 Å². The van der Waals surface area contributed by atoms with E-state index in [0.717, 1.165) is 11.1 Å². The molecule has 6 nitrogen and oxygen atoms in total. The number of nitrogens with zero attached hydrogens (tertiary/aromatic N) is 1. The van der Waals surface area contributed by atoms with Crippen LogP contribution >= 0.6 is 23.2 Å². The molecule has 1 heterocycles. The molecular weight excluding hydrogens is 365 g/mol. The van der Waals surface area contributed by atoms with Gasteiger partial charge in [0, 0.05) is 34.4 Å². The normalized spacial score (nSPS) is 14.4. The van der Waals surface area contributed by atoms with Gasteiger partial charge < -0.3 is 5.32 Å². The molecule has 1 aliphatic heterocycles. The summed E-state index contributed by atoms with van der Waals surface area (Å²) in [5.74, 6) is -0.752. The first-order valence-electron chi connectivity index (χ1n) is 7.49. The number of amides is 2. The van der Waals surface area contributed by atoms with Crippen molar-refractivity contribution >= 4 is 40.7 Å². The van der Waals surface area contributed by atoms with Crippen molar-refractivity contribution in [3.05, 3.63) is 63.1 Å². The van der Waals surface area contributed by atoms with Gasteiger partial charge in [0.25, 0.3) is 5.91 Å². The van der Waals surface area contributed by atoms with Gasteiger partial charge in [-0.1, -0.05) is 23.2 Å². The van der Waals surface area contributed by atoms with Crippen LogP contribution in [0, 0.1) is 0 Å². The molecule has 0 unspecified atom stereocenters. The first-order chi connectivity index (χ1) is 11.9. The quantitative estimate of drug-likeness (QED) is 0.565. The lowest BCUT2D eigenvalue weighted by Gasteiger charge is -2.19. The lowest BCUT2D eigenvalue weighted by Crippen LogP contribution is -2.29. The number of nitrogens with one attached hydrogen (secondary N) is 2. The van der Waals surface area contributed by atoms with Crippen molar-refractivity contribution in [2.75, 3.05) is 11.9 Å². The van der Waals surface area contributed by atoms with Gasteiger partial charge >= 0.3 is 0 Å². The fourth-order valence-electron chi connectivity index (χ4n) is 2.81. The Morgan fingerprint density at radius 3 is 2.56 bits per heavy atom. The summed E-state index contributed by atoms with van der Waals surface area (Å²) in [7, 11) is 0. The van der Waals surface area contributed by atoms with E-state index in [0.29, 0.717) is 34.4 Å². The van der Waals surface area contributed by atoms with Crippen LogP contribution in [0.15, 0.2) is 36.4 Å². The summed E-state index contributed by atoms with van der Waals surface area (Å²) in [6.45, 7) is 1.12. The van der Waals surface area contributed by atoms with E-state index in [1.165, 1.54) is 6.07 Å². The second-order valence-corrected chi connectivity index (χ2v) is 6.66. The molecule has 25 heavy (non-hydrogen) atoms. The summed E-state index contributed by atoms with van der Waals surface area (Å²) in [5.41, 5.74) is 4.22. The third-order valence-corrected chi connectivity index (χ3v) is 4.27. The number of carbonyl (C=O) groups is 2. The molecule has 2 amide bonds.